The Balaban J connectivity index is 0.856. The van der Waals surface area contributed by atoms with Gasteiger partial charge in [0, 0.05) is 17.8 Å². The molecule has 9 rings (SSSR count). The van der Waals surface area contributed by atoms with Gasteiger partial charge in [-0.3, -0.25) is 0 Å². The first-order valence-corrected chi connectivity index (χ1v) is 23.6. The maximum absolute atomic E-state index is 12.8. The Morgan fingerprint density at radius 2 is 1.27 bits per heavy atom. The standard InChI is InChI=1S/C45H72O19/c1-19-7-12-44(57-18-19)20(2)45(56)29(64-44)14-25-23-6-5-21-13-22(8-10-42(21,3)24(23)9-11-43(25,45)4)58-39-36(55)34(53)37(28(17-48)61-39)62-41-38(33(52)31(50)27(16-47)60-41)63-40-35(54)32(51)30(49)26(15-46)59-40/h5,19-20,22-41,46-56H,6-18H2,1-4H3. The Bertz CT molecular complexity index is 1680. The van der Waals surface area contributed by atoms with Crippen molar-refractivity contribution in [2.24, 2.45) is 40.4 Å². The summed E-state index contributed by atoms with van der Waals surface area (Å²) in [6.07, 6.45) is -15.8. The van der Waals surface area contributed by atoms with Crippen molar-refractivity contribution in [2.75, 3.05) is 26.4 Å². The van der Waals surface area contributed by atoms with Gasteiger partial charge in [0.25, 0.3) is 0 Å². The van der Waals surface area contributed by atoms with E-state index in [2.05, 4.69) is 33.8 Å². The fourth-order valence-electron chi connectivity index (χ4n) is 14.0. The molecule has 11 N–H and O–H groups in total. The van der Waals surface area contributed by atoms with Gasteiger partial charge in [-0.2, -0.15) is 0 Å². The summed E-state index contributed by atoms with van der Waals surface area (Å²) in [5.74, 6) is 0.691. The summed E-state index contributed by atoms with van der Waals surface area (Å²) >= 11 is 0. The summed E-state index contributed by atoms with van der Waals surface area (Å²) < 4.78 is 48.6. The Morgan fingerprint density at radius 1 is 0.656 bits per heavy atom. The summed E-state index contributed by atoms with van der Waals surface area (Å²) in [6, 6.07) is 0. The molecule has 0 aromatic rings. The second-order valence-corrected chi connectivity index (χ2v) is 21.2. The van der Waals surface area contributed by atoms with Gasteiger partial charge in [-0.15, -0.1) is 0 Å². The Hall–Kier alpha value is -1.02. The Kier molecular flexibility index (Phi) is 13.3. The third-order valence-electron chi connectivity index (χ3n) is 18.0. The molecular formula is C45H72O19. The first-order valence-electron chi connectivity index (χ1n) is 23.6. The predicted molar refractivity (Wildman–Crippen MR) is 217 cm³/mol. The molecule has 8 fully saturated rings. The van der Waals surface area contributed by atoms with Crippen LogP contribution in [0.2, 0.25) is 0 Å². The van der Waals surface area contributed by atoms with Crippen LogP contribution in [0.4, 0.5) is 0 Å². The van der Waals surface area contributed by atoms with E-state index in [1.807, 2.05) is 0 Å². The average molecular weight is 917 g/mol. The van der Waals surface area contributed by atoms with Gasteiger partial charge in [-0.1, -0.05) is 39.3 Å². The number of ether oxygens (including phenoxy) is 8. The molecule has 366 valence electrons. The van der Waals surface area contributed by atoms with Crippen LogP contribution in [0.1, 0.15) is 85.5 Å². The molecule has 5 heterocycles. The molecule has 1 spiro atoms. The molecule has 4 aliphatic carbocycles. The molecule has 5 aliphatic heterocycles. The molecule has 64 heavy (non-hydrogen) atoms. The maximum Gasteiger partial charge on any atom is 0.187 e. The molecule has 0 bridgehead atoms. The van der Waals surface area contributed by atoms with Gasteiger partial charge in [0.1, 0.15) is 78.8 Å². The predicted octanol–water partition coefficient (Wildman–Crippen LogP) is -1.70. The largest absolute Gasteiger partial charge is 0.394 e. The summed E-state index contributed by atoms with van der Waals surface area (Å²) in [5.41, 5.74) is -0.0969. The zero-order valence-electron chi connectivity index (χ0n) is 37.2. The fourth-order valence-corrected chi connectivity index (χ4v) is 14.0. The van der Waals surface area contributed by atoms with E-state index in [1.165, 1.54) is 5.57 Å². The number of aliphatic hydroxyl groups excluding tert-OH is 10. The van der Waals surface area contributed by atoms with Gasteiger partial charge >= 0.3 is 0 Å². The van der Waals surface area contributed by atoms with E-state index in [4.69, 9.17) is 37.9 Å². The van der Waals surface area contributed by atoms with Crippen molar-refractivity contribution < 1.29 is 94.1 Å². The summed E-state index contributed by atoms with van der Waals surface area (Å²) in [6.45, 7) is 7.34. The quantitative estimate of drug-likeness (QED) is 0.115. The van der Waals surface area contributed by atoms with E-state index in [0.29, 0.717) is 43.1 Å². The molecule has 5 saturated heterocycles. The van der Waals surface area contributed by atoms with Crippen LogP contribution in [0, 0.1) is 40.4 Å². The monoisotopic (exact) mass is 916 g/mol. The third-order valence-corrected chi connectivity index (χ3v) is 18.0. The van der Waals surface area contributed by atoms with Gasteiger partial charge < -0.3 is 94.1 Å². The van der Waals surface area contributed by atoms with Crippen molar-refractivity contribution in [3.05, 3.63) is 11.6 Å². The van der Waals surface area contributed by atoms with E-state index >= 15 is 0 Å². The van der Waals surface area contributed by atoms with Crippen LogP contribution in [-0.2, 0) is 37.9 Å². The van der Waals surface area contributed by atoms with E-state index < -0.39 is 123 Å². The van der Waals surface area contributed by atoms with Gasteiger partial charge in [0.05, 0.1) is 38.6 Å². The van der Waals surface area contributed by atoms with Gasteiger partial charge in [-0.05, 0) is 80.5 Å². The molecule has 9 aliphatic rings. The van der Waals surface area contributed by atoms with Crippen molar-refractivity contribution in [3.63, 3.8) is 0 Å². The SMILES string of the molecule is CC1CCC2(OC1)OC1CC3C4CC=C5CC(OC6OC(CO)C(OC7OC(CO)C(O)C(O)C7OC7OC(CO)C(O)C(O)C7O)C(O)C6O)CCC5(C)C4CCC3(C)C1(O)C2C. The van der Waals surface area contributed by atoms with Gasteiger partial charge in [-0.25, -0.2) is 0 Å². The van der Waals surface area contributed by atoms with E-state index in [-0.39, 0.29) is 29.0 Å². The Labute approximate surface area is 373 Å². The van der Waals surface area contributed by atoms with Crippen LogP contribution in [0.5, 0.6) is 0 Å². The number of aliphatic hydroxyl groups is 11. The third kappa shape index (κ3) is 7.42. The second kappa shape index (κ2) is 17.7. The number of rotatable bonds is 9. The lowest BCUT2D eigenvalue weighted by molar-refractivity contribution is -0.390. The molecule has 0 aromatic carbocycles. The normalized spacial score (nSPS) is 57.4. The zero-order chi connectivity index (χ0) is 45.8. The van der Waals surface area contributed by atoms with E-state index in [0.717, 1.165) is 44.9 Å². The van der Waals surface area contributed by atoms with Crippen LogP contribution in [0.3, 0.4) is 0 Å². The molecular weight excluding hydrogens is 844 g/mol. The topological polar surface area (TPSA) is 296 Å². The highest BCUT2D eigenvalue weighted by Gasteiger charge is 2.76. The van der Waals surface area contributed by atoms with E-state index in [9.17, 15) is 56.2 Å². The summed E-state index contributed by atoms with van der Waals surface area (Å²) in [7, 11) is 0. The number of hydrogen-bond donors (Lipinski definition) is 11. The molecule has 0 aromatic heterocycles. The van der Waals surface area contributed by atoms with Crippen LogP contribution in [-0.4, -0.2) is 198 Å². The maximum atomic E-state index is 12.8. The first kappa shape index (κ1) is 48.0. The second-order valence-electron chi connectivity index (χ2n) is 21.2. The number of hydrogen-bond acceptors (Lipinski definition) is 19. The highest BCUT2D eigenvalue weighted by molar-refractivity contribution is 5.29. The fraction of sp³-hybridized carbons (Fsp3) is 0.956. The highest BCUT2D eigenvalue weighted by Crippen LogP contribution is 2.72. The number of fused-ring (bicyclic) bond motifs is 7. The Morgan fingerprint density at radius 3 is 1.94 bits per heavy atom. The molecule has 3 saturated carbocycles. The summed E-state index contributed by atoms with van der Waals surface area (Å²) in [4.78, 5) is 0. The minimum atomic E-state index is -1.90. The molecule has 0 amide bonds. The molecule has 0 radical (unpaired) electrons. The van der Waals surface area contributed by atoms with E-state index in [1.54, 1.807) is 0 Å². The van der Waals surface area contributed by atoms with Crippen LogP contribution >= 0.6 is 0 Å². The van der Waals surface area contributed by atoms with Crippen molar-refractivity contribution in [2.45, 2.75) is 201 Å². The van der Waals surface area contributed by atoms with Crippen molar-refractivity contribution in [3.8, 4) is 0 Å². The molecule has 19 nitrogen and oxygen atoms in total. The lowest BCUT2D eigenvalue weighted by Crippen LogP contribution is -2.67. The van der Waals surface area contributed by atoms with Gasteiger partial charge in [0.15, 0.2) is 24.7 Å². The van der Waals surface area contributed by atoms with Crippen LogP contribution in [0.15, 0.2) is 11.6 Å². The zero-order valence-corrected chi connectivity index (χ0v) is 37.2. The van der Waals surface area contributed by atoms with Crippen LogP contribution in [0.25, 0.3) is 0 Å². The van der Waals surface area contributed by atoms with Gasteiger partial charge in [0.2, 0.25) is 0 Å². The first-order chi connectivity index (χ1) is 30.3. The lowest BCUT2D eigenvalue weighted by atomic mass is 9.46. The summed E-state index contributed by atoms with van der Waals surface area (Å²) in [5, 5.41) is 119. The minimum absolute atomic E-state index is 0.0996. The van der Waals surface area contributed by atoms with Crippen LogP contribution < -0.4 is 0 Å². The molecule has 26 atom stereocenters. The lowest BCUT2D eigenvalue weighted by Gasteiger charge is -2.60. The average Bonchev–Trinajstić information content (AvgIpc) is 3.64. The van der Waals surface area contributed by atoms with Crippen molar-refractivity contribution in [1.82, 2.24) is 0 Å². The molecule has 19 heteroatoms. The minimum Gasteiger partial charge on any atom is -0.394 e. The highest BCUT2D eigenvalue weighted by atomic mass is 16.8. The number of allylic oxidation sites excluding steroid dienone is 1. The van der Waals surface area contributed by atoms with Crippen molar-refractivity contribution in [1.29, 1.82) is 0 Å². The molecule has 26 unspecified atom stereocenters. The van der Waals surface area contributed by atoms with Crippen molar-refractivity contribution >= 4 is 0 Å². The smallest absolute Gasteiger partial charge is 0.187 e.